The molecule has 0 amide bonds. The number of benzene rings is 1. The summed E-state index contributed by atoms with van der Waals surface area (Å²) in [5, 5.41) is 4.34. The average Bonchev–Trinajstić information content (AvgIpc) is 2.77. The molecule has 0 aliphatic carbocycles. The van der Waals surface area contributed by atoms with Crippen molar-refractivity contribution in [1.82, 2.24) is 9.36 Å². The minimum Gasteiger partial charge on any atom is -0.496 e. The molecule has 0 atom stereocenters. The standard InChI is InChI=1S/C10H10ClN3OS/c1-12-10-13-9(14-16-10)7-4-3-6(11)5-8(7)15-2/h3-5H,1-2H3,(H,12,13,14). The van der Waals surface area contributed by atoms with Crippen molar-refractivity contribution in [2.75, 3.05) is 19.5 Å². The Bertz CT molecular complexity index is 501. The third-order valence-electron chi connectivity index (χ3n) is 2.04. The molecule has 0 unspecified atom stereocenters. The molecule has 1 aromatic heterocycles. The van der Waals surface area contributed by atoms with E-state index < -0.39 is 0 Å². The van der Waals surface area contributed by atoms with Crippen LogP contribution in [0, 0.1) is 0 Å². The van der Waals surface area contributed by atoms with E-state index in [1.165, 1.54) is 11.5 Å². The van der Waals surface area contributed by atoms with Crippen molar-refractivity contribution in [3.05, 3.63) is 23.2 Å². The highest BCUT2D eigenvalue weighted by atomic mass is 35.5. The summed E-state index contributed by atoms with van der Waals surface area (Å²) < 4.78 is 9.48. The molecule has 2 aromatic rings. The first-order chi connectivity index (χ1) is 7.74. The van der Waals surface area contributed by atoms with Gasteiger partial charge in [-0.25, -0.2) is 0 Å². The molecule has 0 fully saturated rings. The molecule has 2 rings (SSSR count). The highest BCUT2D eigenvalue weighted by Crippen LogP contribution is 2.31. The molecule has 0 aliphatic rings. The van der Waals surface area contributed by atoms with Crippen molar-refractivity contribution in [3.63, 3.8) is 0 Å². The van der Waals surface area contributed by atoms with Gasteiger partial charge in [-0.15, -0.1) is 0 Å². The van der Waals surface area contributed by atoms with Crippen LogP contribution in [0.2, 0.25) is 5.02 Å². The van der Waals surface area contributed by atoms with E-state index in [1.54, 1.807) is 19.2 Å². The van der Waals surface area contributed by atoms with E-state index in [4.69, 9.17) is 16.3 Å². The molecule has 0 bridgehead atoms. The molecule has 0 radical (unpaired) electrons. The van der Waals surface area contributed by atoms with Gasteiger partial charge in [-0.05, 0) is 18.2 Å². The number of halogens is 1. The average molecular weight is 256 g/mol. The quantitative estimate of drug-likeness (QED) is 0.916. The largest absolute Gasteiger partial charge is 0.496 e. The SMILES string of the molecule is CNc1nc(-c2ccc(Cl)cc2OC)ns1. The minimum absolute atomic E-state index is 0.629. The predicted molar refractivity (Wildman–Crippen MR) is 66.5 cm³/mol. The first-order valence-corrected chi connectivity index (χ1v) is 5.75. The summed E-state index contributed by atoms with van der Waals surface area (Å²) in [4.78, 5) is 4.31. The van der Waals surface area contributed by atoms with Gasteiger partial charge in [0.1, 0.15) is 5.75 Å². The van der Waals surface area contributed by atoms with Crippen LogP contribution in [-0.4, -0.2) is 23.5 Å². The van der Waals surface area contributed by atoms with Gasteiger partial charge in [0.25, 0.3) is 0 Å². The molecule has 0 aliphatic heterocycles. The Hall–Kier alpha value is -1.33. The molecule has 1 aromatic carbocycles. The third kappa shape index (κ3) is 2.10. The first-order valence-electron chi connectivity index (χ1n) is 4.60. The highest BCUT2D eigenvalue weighted by molar-refractivity contribution is 7.09. The van der Waals surface area contributed by atoms with Crippen LogP contribution in [0.4, 0.5) is 5.13 Å². The number of ether oxygens (including phenoxy) is 1. The van der Waals surface area contributed by atoms with Crippen molar-refractivity contribution >= 4 is 28.3 Å². The van der Waals surface area contributed by atoms with Crippen LogP contribution in [0.1, 0.15) is 0 Å². The fourth-order valence-corrected chi connectivity index (χ4v) is 1.98. The van der Waals surface area contributed by atoms with Gasteiger partial charge in [-0.2, -0.15) is 9.36 Å². The van der Waals surface area contributed by atoms with Crippen LogP contribution in [-0.2, 0) is 0 Å². The van der Waals surface area contributed by atoms with Gasteiger partial charge in [-0.3, -0.25) is 0 Å². The number of anilines is 1. The third-order valence-corrected chi connectivity index (χ3v) is 3.01. The predicted octanol–water partition coefficient (Wildman–Crippen LogP) is 2.91. The summed E-state index contributed by atoms with van der Waals surface area (Å²) in [6.07, 6.45) is 0. The normalized spacial score (nSPS) is 10.2. The van der Waals surface area contributed by atoms with Gasteiger partial charge in [-0.1, -0.05) is 11.6 Å². The van der Waals surface area contributed by atoms with Crippen molar-refractivity contribution in [1.29, 1.82) is 0 Å². The Morgan fingerprint density at radius 1 is 1.44 bits per heavy atom. The number of hydrogen-bond donors (Lipinski definition) is 1. The monoisotopic (exact) mass is 255 g/mol. The molecule has 0 saturated carbocycles. The summed E-state index contributed by atoms with van der Waals surface area (Å²) in [5.41, 5.74) is 0.838. The van der Waals surface area contributed by atoms with Crippen LogP contribution in [0.25, 0.3) is 11.4 Å². The van der Waals surface area contributed by atoms with Crippen LogP contribution >= 0.6 is 23.1 Å². The molecule has 6 heteroatoms. The Kier molecular flexibility index (Phi) is 3.26. The maximum absolute atomic E-state index is 5.88. The van der Waals surface area contributed by atoms with E-state index in [2.05, 4.69) is 14.7 Å². The molecule has 1 N–H and O–H groups in total. The molecule has 1 heterocycles. The van der Waals surface area contributed by atoms with Gasteiger partial charge < -0.3 is 10.1 Å². The lowest BCUT2D eigenvalue weighted by atomic mass is 10.2. The second-order valence-corrected chi connectivity index (χ2v) is 4.21. The topological polar surface area (TPSA) is 47.0 Å². The minimum atomic E-state index is 0.629. The van der Waals surface area contributed by atoms with Gasteiger partial charge >= 0.3 is 0 Å². The zero-order valence-corrected chi connectivity index (χ0v) is 10.4. The van der Waals surface area contributed by atoms with Crippen LogP contribution in [0.3, 0.4) is 0 Å². The van der Waals surface area contributed by atoms with E-state index in [0.29, 0.717) is 16.6 Å². The fourth-order valence-electron chi connectivity index (χ4n) is 1.28. The van der Waals surface area contributed by atoms with Crippen LogP contribution in [0.15, 0.2) is 18.2 Å². The van der Waals surface area contributed by atoms with E-state index in [1.807, 2.05) is 13.1 Å². The van der Waals surface area contributed by atoms with Gasteiger partial charge in [0.05, 0.1) is 12.7 Å². The zero-order valence-electron chi connectivity index (χ0n) is 8.82. The Morgan fingerprint density at radius 2 is 2.25 bits per heavy atom. The molecule has 84 valence electrons. The molecular formula is C10H10ClN3OS. The number of nitrogens with zero attached hydrogens (tertiary/aromatic N) is 2. The molecule has 4 nitrogen and oxygen atoms in total. The summed E-state index contributed by atoms with van der Waals surface area (Å²) in [7, 11) is 3.41. The maximum atomic E-state index is 5.88. The number of rotatable bonds is 3. The lowest BCUT2D eigenvalue weighted by Gasteiger charge is -2.05. The summed E-state index contributed by atoms with van der Waals surface area (Å²) >= 11 is 7.19. The second kappa shape index (κ2) is 4.67. The Morgan fingerprint density at radius 3 is 2.88 bits per heavy atom. The van der Waals surface area contributed by atoms with E-state index in [-0.39, 0.29) is 0 Å². The number of nitrogens with one attached hydrogen (secondary N) is 1. The summed E-state index contributed by atoms with van der Waals surface area (Å²) in [6.45, 7) is 0. The van der Waals surface area contributed by atoms with Gasteiger partial charge in [0.15, 0.2) is 5.82 Å². The number of methoxy groups -OCH3 is 1. The highest BCUT2D eigenvalue weighted by Gasteiger charge is 2.11. The number of hydrogen-bond acceptors (Lipinski definition) is 5. The number of aromatic nitrogens is 2. The van der Waals surface area contributed by atoms with E-state index in [0.717, 1.165) is 10.7 Å². The van der Waals surface area contributed by atoms with Crippen LogP contribution < -0.4 is 10.1 Å². The van der Waals surface area contributed by atoms with Crippen molar-refractivity contribution in [2.45, 2.75) is 0 Å². The molecule has 16 heavy (non-hydrogen) atoms. The summed E-state index contributed by atoms with van der Waals surface area (Å²) in [6, 6.07) is 5.39. The fraction of sp³-hybridized carbons (Fsp3) is 0.200. The van der Waals surface area contributed by atoms with Crippen molar-refractivity contribution < 1.29 is 4.74 Å². The van der Waals surface area contributed by atoms with Crippen LogP contribution in [0.5, 0.6) is 5.75 Å². The van der Waals surface area contributed by atoms with Gasteiger partial charge in [0, 0.05) is 23.6 Å². The van der Waals surface area contributed by atoms with Gasteiger partial charge in [0.2, 0.25) is 5.13 Å². The Balaban J connectivity index is 2.46. The summed E-state index contributed by atoms with van der Waals surface area (Å²) in [5.74, 6) is 1.32. The van der Waals surface area contributed by atoms with E-state index in [9.17, 15) is 0 Å². The lowest BCUT2D eigenvalue weighted by Crippen LogP contribution is -1.90. The van der Waals surface area contributed by atoms with Crippen molar-refractivity contribution in [3.8, 4) is 17.1 Å². The molecule has 0 saturated heterocycles. The van der Waals surface area contributed by atoms with E-state index >= 15 is 0 Å². The van der Waals surface area contributed by atoms with Crippen molar-refractivity contribution in [2.24, 2.45) is 0 Å². The lowest BCUT2D eigenvalue weighted by molar-refractivity contribution is 0.416. The first kappa shape index (κ1) is 11.2. The zero-order chi connectivity index (χ0) is 11.5. The molecular weight excluding hydrogens is 246 g/mol. The Labute approximate surface area is 102 Å². The maximum Gasteiger partial charge on any atom is 0.202 e. The molecule has 0 spiro atoms. The smallest absolute Gasteiger partial charge is 0.202 e. The second-order valence-electron chi connectivity index (χ2n) is 3.02.